The van der Waals surface area contributed by atoms with E-state index in [1.54, 1.807) is 0 Å². The first-order valence-corrected chi connectivity index (χ1v) is 6.19. The SMILES string of the molecule is CCC(CC)Oc1ccc(CCC(N)=O)cc1. The van der Waals surface area contributed by atoms with Crippen molar-refractivity contribution in [3.8, 4) is 5.75 Å². The molecule has 1 aromatic rings. The van der Waals surface area contributed by atoms with E-state index in [1.165, 1.54) is 0 Å². The molecule has 1 rings (SSSR count). The van der Waals surface area contributed by atoms with Crippen LogP contribution < -0.4 is 10.5 Å². The maximum absolute atomic E-state index is 10.7. The average Bonchev–Trinajstić information content (AvgIpc) is 2.34. The van der Waals surface area contributed by atoms with Crippen LogP contribution in [0, 0.1) is 0 Å². The second kappa shape index (κ2) is 6.94. The molecule has 3 nitrogen and oxygen atoms in total. The molecule has 0 atom stereocenters. The van der Waals surface area contributed by atoms with Crippen LogP contribution in [0.15, 0.2) is 24.3 Å². The molecule has 94 valence electrons. The Balaban J connectivity index is 2.52. The lowest BCUT2D eigenvalue weighted by atomic mass is 10.1. The summed E-state index contributed by atoms with van der Waals surface area (Å²) in [5.74, 6) is 0.629. The zero-order valence-corrected chi connectivity index (χ0v) is 10.6. The van der Waals surface area contributed by atoms with Crippen LogP contribution in [0.5, 0.6) is 5.75 Å². The van der Waals surface area contributed by atoms with Crippen LogP contribution in [-0.2, 0) is 11.2 Å². The Hall–Kier alpha value is -1.51. The maximum Gasteiger partial charge on any atom is 0.217 e. The summed E-state index contributed by atoms with van der Waals surface area (Å²) in [6.45, 7) is 4.24. The third kappa shape index (κ3) is 4.89. The van der Waals surface area contributed by atoms with E-state index in [-0.39, 0.29) is 12.0 Å². The highest BCUT2D eigenvalue weighted by molar-refractivity contribution is 5.73. The number of amides is 1. The highest BCUT2D eigenvalue weighted by atomic mass is 16.5. The van der Waals surface area contributed by atoms with E-state index in [0.29, 0.717) is 12.8 Å². The Morgan fingerprint density at radius 3 is 2.29 bits per heavy atom. The molecule has 0 aliphatic carbocycles. The molecule has 0 bridgehead atoms. The number of carbonyl (C=O) groups is 1. The van der Waals surface area contributed by atoms with Gasteiger partial charge in [0.2, 0.25) is 5.91 Å². The minimum atomic E-state index is -0.262. The quantitative estimate of drug-likeness (QED) is 0.790. The number of ether oxygens (including phenoxy) is 1. The molecular weight excluding hydrogens is 214 g/mol. The van der Waals surface area contributed by atoms with Crippen molar-refractivity contribution in [2.45, 2.75) is 45.6 Å². The van der Waals surface area contributed by atoms with E-state index in [4.69, 9.17) is 10.5 Å². The molecule has 0 radical (unpaired) electrons. The van der Waals surface area contributed by atoms with E-state index in [2.05, 4.69) is 13.8 Å². The van der Waals surface area contributed by atoms with Crippen LogP contribution in [0.3, 0.4) is 0 Å². The topological polar surface area (TPSA) is 52.3 Å². The van der Waals surface area contributed by atoms with Gasteiger partial charge in [-0.25, -0.2) is 0 Å². The van der Waals surface area contributed by atoms with E-state index >= 15 is 0 Å². The van der Waals surface area contributed by atoms with Crippen molar-refractivity contribution >= 4 is 5.91 Å². The fraction of sp³-hybridized carbons (Fsp3) is 0.500. The Kier molecular flexibility index (Phi) is 5.53. The molecule has 3 heteroatoms. The summed E-state index contributed by atoms with van der Waals surface area (Å²) in [6.07, 6.45) is 3.40. The van der Waals surface area contributed by atoms with Crippen LogP contribution in [-0.4, -0.2) is 12.0 Å². The zero-order chi connectivity index (χ0) is 12.7. The molecule has 0 spiro atoms. The van der Waals surface area contributed by atoms with E-state index in [9.17, 15) is 4.79 Å². The summed E-state index contributed by atoms with van der Waals surface area (Å²) < 4.78 is 5.80. The third-order valence-electron chi connectivity index (χ3n) is 2.80. The van der Waals surface area contributed by atoms with Crippen LogP contribution >= 0.6 is 0 Å². The van der Waals surface area contributed by atoms with Gasteiger partial charge in [0.1, 0.15) is 5.75 Å². The van der Waals surface area contributed by atoms with Gasteiger partial charge in [-0.05, 0) is 37.0 Å². The Bertz CT molecular complexity index is 342. The second-order valence-corrected chi connectivity index (χ2v) is 4.17. The van der Waals surface area contributed by atoms with Gasteiger partial charge in [0.15, 0.2) is 0 Å². The zero-order valence-electron chi connectivity index (χ0n) is 10.6. The van der Waals surface area contributed by atoms with Gasteiger partial charge in [-0.3, -0.25) is 4.79 Å². The first kappa shape index (κ1) is 13.6. The second-order valence-electron chi connectivity index (χ2n) is 4.17. The lowest BCUT2D eigenvalue weighted by Gasteiger charge is -2.15. The molecule has 0 saturated heterocycles. The molecule has 2 N–H and O–H groups in total. The van der Waals surface area contributed by atoms with Crippen molar-refractivity contribution in [3.05, 3.63) is 29.8 Å². The highest BCUT2D eigenvalue weighted by Gasteiger charge is 2.05. The molecule has 0 aromatic heterocycles. The van der Waals surface area contributed by atoms with Gasteiger partial charge in [-0.2, -0.15) is 0 Å². The summed E-state index contributed by atoms with van der Waals surface area (Å²) in [5, 5.41) is 0. The number of carbonyl (C=O) groups excluding carboxylic acids is 1. The number of primary amides is 1. The molecule has 1 amide bonds. The highest BCUT2D eigenvalue weighted by Crippen LogP contribution is 2.16. The van der Waals surface area contributed by atoms with Gasteiger partial charge in [0.05, 0.1) is 6.10 Å². The van der Waals surface area contributed by atoms with Gasteiger partial charge in [-0.1, -0.05) is 26.0 Å². The van der Waals surface area contributed by atoms with E-state index in [0.717, 1.165) is 24.2 Å². The van der Waals surface area contributed by atoms with Crippen molar-refractivity contribution in [2.24, 2.45) is 5.73 Å². The van der Waals surface area contributed by atoms with Gasteiger partial charge in [0, 0.05) is 6.42 Å². The molecule has 0 heterocycles. The molecule has 0 fully saturated rings. The van der Waals surface area contributed by atoms with Crippen LogP contribution in [0.4, 0.5) is 0 Å². The van der Waals surface area contributed by atoms with Crippen LogP contribution in [0.2, 0.25) is 0 Å². The average molecular weight is 235 g/mol. The molecule has 0 aliphatic rings. The minimum Gasteiger partial charge on any atom is -0.490 e. The van der Waals surface area contributed by atoms with E-state index in [1.807, 2.05) is 24.3 Å². The number of aryl methyl sites for hydroxylation is 1. The fourth-order valence-electron chi connectivity index (χ4n) is 1.65. The van der Waals surface area contributed by atoms with Crippen molar-refractivity contribution in [1.82, 2.24) is 0 Å². The summed E-state index contributed by atoms with van der Waals surface area (Å²) >= 11 is 0. The minimum absolute atomic E-state index is 0.262. The first-order chi connectivity index (χ1) is 8.15. The number of hydrogen-bond donors (Lipinski definition) is 1. The van der Waals surface area contributed by atoms with Gasteiger partial charge >= 0.3 is 0 Å². The monoisotopic (exact) mass is 235 g/mol. The standard InChI is InChI=1S/C14H21NO2/c1-3-12(4-2)17-13-8-5-11(6-9-13)7-10-14(15)16/h5-6,8-9,12H,3-4,7,10H2,1-2H3,(H2,15,16). The largest absolute Gasteiger partial charge is 0.490 e. The number of hydrogen-bond acceptors (Lipinski definition) is 2. The number of nitrogens with two attached hydrogens (primary N) is 1. The predicted octanol–water partition coefficient (Wildman–Crippen LogP) is 2.67. The lowest BCUT2D eigenvalue weighted by molar-refractivity contribution is -0.117. The van der Waals surface area contributed by atoms with Crippen molar-refractivity contribution in [3.63, 3.8) is 0 Å². The molecule has 0 unspecified atom stereocenters. The summed E-state index contributed by atoms with van der Waals surface area (Å²) in [7, 11) is 0. The molecule has 1 aromatic carbocycles. The summed E-state index contributed by atoms with van der Waals surface area (Å²) in [6, 6.07) is 7.88. The van der Waals surface area contributed by atoms with E-state index < -0.39 is 0 Å². The fourth-order valence-corrected chi connectivity index (χ4v) is 1.65. The number of rotatable bonds is 7. The summed E-state index contributed by atoms with van der Waals surface area (Å²) in [4.78, 5) is 10.7. The lowest BCUT2D eigenvalue weighted by Crippen LogP contribution is -2.13. The molecule has 0 aliphatic heterocycles. The normalized spacial score (nSPS) is 10.5. The van der Waals surface area contributed by atoms with Gasteiger partial charge in [0.25, 0.3) is 0 Å². The van der Waals surface area contributed by atoms with Gasteiger partial charge in [-0.15, -0.1) is 0 Å². The Labute approximate surface area is 103 Å². The molecular formula is C14H21NO2. The summed E-state index contributed by atoms with van der Waals surface area (Å²) in [5.41, 5.74) is 6.22. The Morgan fingerprint density at radius 1 is 1.24 bits per heavy atom. The molecule has 17 heavy (non-hydrogen) atoms. The predicted molar refractivity (Wildman–Crippen MR) is 69.0 cm³/mol. The smallest absolute Gasteiger partial charge is 0.217 e. The van der Waals surface area contributed by atoms with Crippen molar-refractivity contribution < 1.29 is 9.53 Å². The van der Waals surface area contributed by atoms with Crippen LogP contribution in [0.25, 0.3) is 0 Å². The number of benzene rings is 1. The third-order valence-corrected chi connectivity index (χ3v) is 2.80. The Morgan fingerprint density at radius 2 is 1.82 bits per heavy atom. The van der Waals surface area contributed by atoms with Crippen molar-refractivity contribution in [1.29, 1.82) is 0 Å². The first-order valence-electron chi connectivity index (χ1n) is 6.19. The maximum atomic E-state index is 10.7. The van der Waals surface area contributed by atoms with Gasteiger partial charge < -0.3 is 10.5 Å². The van der Waals surface area contributed by atoms with Crippen molar-refractivity contribution in [2.75, 3.05) is 0 Å². The van der Waals surface area contributed by atoms with Crippen LogP contribution in [0.1, 0.15) is 38.7 Å². The molecule has 0 saturated carbocycles.